The number of methoxy groups -OCH3 is 1. The molecule has 3 aliphatic rings. The van der Waals surface area contributed by atoms with Gasteiger partial charge in [-0.3, -0.25) is 4.90 Å². The lowest BCUT2D eigenvalue weighted by Crippen LogP contribution is -2.51. The van der Waals surface area contributed by atoms with Gasteiger partial charge in [-0.1, -0.05) is 18.2 Å². The highest BCUT2D eigenvalue weighted by Crippen LogP contribution is 2.46. The summed E-state index contributed by atoms with van der Waals surface area (Å²) in [6, 6.07) is 5.06. The molecule has 1 aliphatic carbocycles. The van der Waals surface area contributed by atoms with Gasteiger partial charge in [0.25, 0.3) is 0 Å². The zero-order valence-electron chi connectivity index (χ0n) is 20.6. The van der Waals surface area contributed by atoms with Gasteiger partial charge in [0.05, 0.1) is 19.3 Å². The largest absolute Gasteiger partial charge is 0.497 e. The van der Waals surface area contributed by atoms with Gasteiger partial charge >= 0.3 is 0 Å². The fourth-order valence-corrected chi connectivity index (χ4v) is 5.79. The second-order valence-electron chi connectivity index (χ2n) is 9.91. The minimum Gasteiger partial charge on any atom is -0.497 e. The van der Waals surface area contributed by atoms with E-state index in [0.29, 0.717) is 25.1 Å². The van der Waals surface area contributed by atoms with E-state index >= 15 is 0 Å². The number of nitrogens with zero attached hydrogens (tertiary/aromatic N) is 1. The lowest BCUT2D eigenvalue weighted by atomic mass is 9.78. The maximum Gasteiger partial charge on any atom is 0.122 e. The summed E-state index contributed by atoms with van der Waals surface area (Å²) in [5.41, 5.74) is 5.27. The molecule has 180 valence electrons. The molecule has 1 aromatic rings. The van der Waals surface area contributed by atoms with Crippen LogP contribution in [-0.4, -0.2) is 53.1 Å². The monoisotopic (exact) mass is 453 g/mol. The molecule has 0 spiro atoms. The van der Waals surface area contributed by atoms with E-state index in [4.69, 9.17) is 14.6 Å². The third-order valence-electron chi connectivity index (χ3n) is 7.93. The number of aliphatic hydroxyl groups is 2. The van der Waals surface area contributed by atoms with E-state index in [9.17, 15) is 5.11 Å². The van der Waals surface area contributed by atoms with Crippen molar-refractivity contribution < 1.29 is 19.7 Å². The number of rotatable bonds is 8. The molecule has 1 aromatic carbocycles. The Morgan fingerprint density at radius 3 is 2.45 bits per heavy atom. The summed E-state index contributed by atoms with van der Waals surface area (Å²) in [5, 5.41) is 20.7. The van der Waals surface area contributed by atoms with Crippen molar-refractivity contribution in [3.63, 3.8) is 0 Å². The Morgan fingerprint density at radius 1 is 1.06 bits per heavy atom. The standard InChI is InChI=1S/C28H39NO4/c1-19-6-8-23(9-13-26(19)32-4)28(31)16-24-10-11-25(17-28)29(24)18-22-7-12-27(21(3)20(22)2)33-15-5-14-30/h6-8,12-13,24-25,30-31H,5,9-11,14-18H2,1-4H3. The van der Waals surface area contributed by atoms with Crippen molar-refractivity contribution in [2.75, 3.05) is 20.3 Å². The van der Waals surface area contributed by atoms with E-state index in [1.165, 1.54) is 16.7 Å². The summed E-state index contributed by atoms with van der Waals surface area (Å²) in [6.45, 7) is 7.95. The highest BCUT2D eigenvalue weighted by atomic mass is 16.5. The number of aliphatic hydroxyl groups excluding tert-OH is 1. The van der Waals surface area contributed by atoms with Crippen LogP contribution < -0.4 is 4.74 Å². The summed E-state index contributed by atoms with van der Waals surface area (Å²) in [4.78, 5) is 2.62. The fraction of sp³-hybridized carbons (Fsp3) is 0.571. The van der Waals surface area contributed by atoms with Crippen LogP contribution in [0.1, 0.15) is 62.1 Å². The van der Waals surface area contributed by atoms with Crippen LogP contribution in [0.5, 0.6) is 5.75 Å². The molecule has 2 aliphatic heterocycles. The molecule has 2 saturated heterocycles. The molecular formula is C28H39NO4. The molecule has 0 saturated carbocycles. The Balaban J connectivity index is 1.47. The minimum absolute atomic E-state index is 0.150. The molecule has 0 amide bonds. The molecule has 2 fully saturated rings. The van der Waals surface area contributed by atoms with Gasteiger partial charge in [-0.2, -0.15) is 0 Å². The van der Waals surface area contributed by atoms with E-state index in [1.54, 1.807) is 7.11 Å². The second-order valence-corrected chi connectivity index (χ2v) is 9.91. The molecule has 2 unspecified atom stereocenters. The summed E-state index contributed by atoms with van der Waals surface area (Å²) < 4.78 is 11.4. The molecular weight excluding hydrogens is 414 g/mol. The van der Waals surface area contributed by atoms with Crippen LogP contribution in [0.2, 0.25) is 0 Å². The van der Waals surface area contributed by atoms with Gasteiger partial charge in [0.15, 0.2) is 0 Å². The molecule has 2 bridgehead atoms. The maximum absolute atomic E-state index is 11.7. The SMILES string of the molecule is COC1=CCC(C2(O)CC3CCC(C2)N3Cc2ccc(OCCCO)c(C)c2C)=CC=C1C. The number of allylic oxidation sites excluding steroid dienone is 4. The van der Waals surface area contributed by atoms with Crippen LogP contribution in [0, 0.1) is 13.8 Å². The molecule has 2 atom stereocenters. The predicted octanol–water partition coefficient (Wildman–Crippen LogP) is 4.73. The minimum atomic E-state index is -0.742. The van der Waals surface area contributed by atoms with Crippen LogP contribution in [-0.2, 0) is 11.3 Å². The van der Waals surface area contributed by atoms with Crippen LogP contribution in [0.25, 0.3) is 0 Å². The average Bonchev–Trinajstić information content (AvgIpc) is 2.94. The second kappa shape index (κ2) is 10.0. The van der Waals surface area contributed by atoms with Crippen LogP contribution in [0.3, 0.4) is 0 Å². The average molecular weight is 454 g/mol. The first-order chi connectivity index (χ1) is 15.9. The van der Waals surface area contributed by atoms with Crippen molar-refractivity contribution in [1.82, 2.24) is 4.90 Å². The topological polar surface area (TPSA) is 62.2 Å². The summed E-state index contributed by atoms with van der Waals surface area (Å²) in [7, 11) is 1.71. The third-order valence-corrected chi connectivity index (χ3v) is 7.93. The Morgan fingerprint density at radius 2 is 1.79 bits per heavy atom. The third kappa shape index (κ3) is 4.91. The first kappa shape index (κ1) is 24.1. The first-order valence-electron chi connectivity index (χ1n) is 12.3. The fourth-order valence-electron chi connectivity index (χ4n) is 5.79. The van der Waals surface area contributed by atoms with Gasteiger partial charge in [0.1, 0.15) is 11.5 Å². The van der Waals surface area contributed by atoms with Crippen molar-refractivity contribution >= 4 is 0 Å². The van der Waals surface area contributed by atoms with E-state index in [0.717, 1.165) is 61.3 Å². The number of ether oxygens (including phenoxy) is 2. The van der Waals surface area contributed by atoms with Gasteiger partial charge in [0, 0.05) is 31.7 Å². The molecule has 5 nitrogen and oxygen atoms in total. The van der Waals surface area contributed by atoms with Gasteiger partial charge in [-0.15, -0.1) is 0 Å². The van der Waals surface area contributed by atoms with Gasteiger partial charge in [0.2, 0.25) is 0 Å². The van der Waals surface area contributed by atoms with Crippen LogP contribution in [0.4, 0.5) is 0 Å². The highest BCUT2D eigenvalue weighted by molar-refractivity contribution is 5.44. The maximum atomic E-state index is 11.7. The summed E-state index contributed by atoms with van der Waals surface area (Å²) >= 11 is 0. The van der Waals surface area contributed by atoms with E-state index in [-0.39, 0.29) is 6.61 Å². The lowest BCUT2D eigenvalue weighted by Gasteiger charge is -2.45. The first-order valence-corrected chi connectivity index (χ1v) is 12.3. The molecule has 2 N–H and O–H groups in total. The number of hydrogen-bond acceptors (Lipinski definition) is 5. The Bertz CT molecular complexity index is 947. The lowest BCUT2D eigenvalue weighted by molar-refractivity contribution is -0.0299. The highest BCUT2D eigenvalue weighted by Gasteiger charge is 2.48. The molecule has 33 heavy (non-hydrogen) atoms. The van der Waals surface area contributed by atoms with Gasteiger partial charge < -0.3 is 19.7 Å². The number of fused-ring (bicyclic) bond motifs is 2. The smallest absolute Gasteiger partial charge is 0.122 e. The van der Waals surface area contributed by atoms with E-state index in [2.05, 4.69) is 56.0 Å². The number of piperidine rings is 1. The summed E-state index contributed by atoms with van der Waals surface area (Å²) in [5.74, 6) is 1.81. The van der Waals surface area contributed by atoms with Crippen LogP contribution >= 0.6 is 0 Å². The quantitative estimate of drug-likeness (QED) is 0.557. The van der Waals surface area contributed by atoms with Crippen LogP contribution in [0.15, 0.2) is 47.3 Å². The van der Waals surface area contributed by atoms with Crippen molar-refractivity contribution in [2.24, 2.45) is 0 Å². The van der Waals surface area contributed by atoms with Crippen molar-refractivity contribution in [3.8, 4) is 5.75 Å². The van der Waals surface area contributed by atoms with Gasteiger partial charge in [-0.05, 0) is 92.9 Å². The molecule has 5 heteroatoms. The van der Waals surface area contributed by atoms with Gasteiger partial charge in [-0.25, -0.2) is 0 Å². The molecule has 0 radical (unpaired) electrons. The zero-order chi connectivity index (χ0) is 23.6. The van der Waals surface area contributed by atoms with E-state index < -0.39 is 5.60 Å². The van der Waals surface area contributed by atoms with Crippen molar-refractivity contribution in [3.05, 3.63) is 64.0 Å². The normalized spacial score (nSPS) is 27.5. The molecule has 2 heterocycles. The molecule has 4 rings (SSSR count). The number of benzene rings is 1. The zero-order valence-corrected chi connectivity index (χ0v) is 20.6. The Kier molecular flexibility index (Phi) is 7.32. The Hall–Kier alpha value is -2.08. The predicted molar refractivity (Wildman–Crippen MR) is 131 cm³/mol. The number of hydrogen-bond donors (Lipinski definition) is 2. The summed E-state index contributed by atoms with van der Waals surface area (Å²) in [6.07, 6.45) is 11.6. The molecule has 0 aromatic heterocycles. The van der Waals surface area contributed by atoms with Crippen molar-refractivity contribution in [1.29, 1.82) is 0 Å². The Labute approximate surface area is 198 Å². The van der Waals surface area contributed by atoms with Crippen molar-refractivity contribution in [2.45, 2.75) is 83.5 Å². The van der Waals surface area contributed by atoms with E-state index in [1.807, 2.05) is 0 Å².